The molecular weight excluding hydrogens is 300 g/mol. The zero-order valence-corrected chi connectivity index (χ0v) is 14.0. The molecule has 0 saturated heterocycles. The molecule has 0 spiro atoms. The molecule has 0 fully saturated rings. The molecule has 0 aliphatic carbocycles. The highest BCUT2D eigenvalue weighted by Crippen LogP contribution is 2.19. The summed E-state index contributed by atoms with van der Waals surface area (Å²) in [5, 5.41) is 11.4. The van der Waals surface area contributed by atoms with Gasteiger partial charge >= 0.3 is 0 Å². The second-order valence-electron chi connectivity index (χ2n) is 5.91. The maximum Gasteiger partial charge on any atom is 0.273 e. The Morgan fingerprint density at radius 2 is 1.88 bits per heavy atom. The van der Waals surface area contributed by atoms with Gasteiger partial charge in [0.05, 0.1) is 17.9 Å². The number of nitrogens with one attached hydrogen (secondary N) is 1. The summed E-state index contributed by atoms with van der Waals surface area (Å²) in [4.78, 5) is 13.9. The normalized spacial score (nSPS) is 12.0. The zero-order chi connectivity index (χ0) is 17.1. The van der Waals surface area contributed by atoms with E-state index in [4.69, 9.17) is 0 Å². The Labute approximate surface area is 141 Å². The lowest BCUT2D eigenvalue weighted by Gasteiger charge is -2.16. The first-order chi connectivity index (χ1) is 11.5. The van der Waals surface area contributed by atoms with Crippen LogP contribution in [-0.2, 0) is 0 Å². The van der Waals surface area contributed by atoms with Gasteiger partial charge in [0.1, 0.15) is 0 Å². The van der Waals surface area contributed by atoms with E-state index in [0.717, 1.165) is 16.8 Å². The van der Waals surface area contributed by atoms with Crippen LogP contribution in [0, 0.1) is 13.8 Å². The van der Waals surface area contributed by atoms with Crippen LogP contribution in [-0.4, -0.2) is 20.9 Å². The molecule has 0 saturated carbocycles. The fraction of sp³-hybridized carbons (Fsp3) is 0.211. The van der Waals surface area contributed by atoms with Gasteiger partial charge in [0.2, 0.25) is 0 Å². The smallest absolute Gasteiger partial charge is 0.273 e. The first-order valence-electron chi connectivity index (χ1n) is 7.90. The van der Waals surface area contributed by atoms with Crippen molar-refractivity contribution in [3.05, 3.63) is 77.1 Å². The van der Waals surface area contributed by atoms with Crippen LogP contribution < -0.4 is 5.32 Å². The van der Waals surface area contributed by atoms with Gasteiger partial charge in [-0.25, -0.2) is 0 Å². The number of benzene rings is 2. The number of hydrogen-bond donors (Lipinski definition) is 1. The molecular formula is C19H20N4O. The largest absolute Gasteiger partial charge is 0.344 e. The minimum absolute atomic E-state index is 0.0979. The lowest BCUT2D eigenvalue weighted by atomic mass is 10.00. The number of aryl methyl sites for hydroxylation is 2. The summed E-state index contributed by atoms with van der Waals surface area (Å²) in [6.07, 6.45) is 1.48. The van der Waals surface area contributed by atoms with Gasteiger partial charge < -0.3 is 5.32 Å². The third kappa shape index (κ3) is 3.35. The van der Waals surface area contributed by atoms with E-state index in [9.17, 15) is 4.79 Å². The number of carbonyl (C=O) groups excluding carboxylic acids is 1. The van der Waals surface area contributed by atoms with Gasteiger partial charge in [0.15, 0.2) is 5.69 Å². The number of amides is 1. The molecule has 0 bridgehead atoms. The number of hydrogen-bond acceptors (Lipinski definition) is 3. The monoisotopic (exact) mass is 320 g/mol. The topological polar surface area (TPSA) is 59.8 Å². The van der Waals surface area contributed by atoms with Gasteiger partial charge in [-0.05, 0) is 44.0 Å². The Bertz CT molecular complexity index is 855. The van der Waals surface area contributed by atoms with E-state index in [2.05, 4.69) is 33.7 Å². The standard InChI is InChI=1S/C19H20N4O/c1-13-9-10-14(2)17(11-13)15(3)21-19(24)18-12-20-23(22-18)16-7-5-4-6-8-16/h4-12,15H,1-3H3,(H,21,24). The van der Waals surface area contributed by atoms with Crippen molar-refractivity contribution in [1.82, 2.24) is 20.3 Å². The van der Waals surface area contributed by atoms with Crippen molar-refractivity contribution in [2.75, 3.05) is 0 Å². The molecule has 122 valence electrons. The SMILES string of the molecule is Cc1ccc(C)c(C(C)NC(=O)c2cnn(-c3ccccc3)n2)c1. The van der Waals surface area contributed by atoms with Gasteiger partial charge in [0.25, 0.3) is 5.91 Å². The van der Waals surface area contributed by atoms with Crippen LogP contribution in [0.2, 0.25) is 0 Å². The van der Waals surface area contributed by atoms with Crippen molar-refractivity contribution >= 4 is 5.91 Å². The molecule has 0 aliphatic rings. The highest BCUT2D eigenvalue weighted by atomic mass is 16.2. The maximum absolute atomic E-state index is 12.4. The lowest BCUT2D eigenvalue weighted by Crippen LogP contribution is -2.27. The van der Waals surface area contributed by atoms with E-state index in [1.807, 2.05) is 51.1 Å². The average Bonchev–Trinajstić information content (AvgIpc) is 3.08. The molecule has 24 heavy (non-hydrogen) atoms. The summed E-state index contributed by atoms with van der Waals surface area (Å²) < 4.78 is 0. The number of nitrogens with zero attached hydrogens (tertiary/aromatic N) is 3. The number of carbonyl (C=O) groups is 1. The van der Waals surface area contributed by atoms with Crippen molar-refractivity contribution in [2.24, 2.45) is 0 Å². The molecule has 2 aromatic carbocycles. The molecule has 1 unspecified atom stereocenters. The summed E-state index contributed by atoms with van der Waals surface area (Å²) in [6.45, 7) is 6.06. The Kier molecular flexibility index (Phi) is 4.42. The number of aromatic nitrogens is 3. The van der Waals surface area contributed by atoms with Crippen LogP contribution in [0.25, 0.3) is 5.69 Å². The summed E-state index contributed by atoms with van der Waals surface area (Å²) >= 11 is 0. The van der Waals surface area contributed by atoms with Crippen LogP contribution in [0.4, 0.5) is 0 Å². The molecule has 1 heterocycles. The Morgan fingerprint density at radius 1 is 1.12 bits per heavy atom. The van der Waals surface area contributed by atoms with Crippen molar-refractivity contribution in [3.63, 3.8) is 0 Å². The Balaban J connectivity index is 1.76. The first kappa shape index (κ1) is 15.9. The van der Waals surface area contributed by atoms with E-state index >= 15 is 0 Å². The van der Waals surface area contributed by atoms with Crippen molar-refractivity contribution in [3.8, 4) is 5.69 Å². The van der Waals surface area contributed by atoms with Crippen molar-refractivity contribution < 1.29 is 4.79 Å². The van der Waals surface area contributed by atoms with E-state index in [1.54, 1.807) is 0 Å². The quantitative estimate of drug-likeness (QED) is 0.802. The van der Waals surface area contributed by atoms with Crippen LogP contribution in [0.15, 0.2) is 54.7 Å². The van der Waals surface area contributed by atoms with E-state index in [0.29, 0.717) is 5.69 Å². The lowest BCUT2D eigenvalue weighted by molar-refractivity contribution is 0.0934. The highest BCUT2D eigenvalue weighted by molar-refractivity contribution is 5.92. The van der Waals surface area contributed by atoms with Crippen LogP contribution in [0.1, 0.15) is 40.1 Å². The maximum atomic E-state index is 12.4. The summed E-state index contributed by atoms with van der Waals surface area (Å²) in [6, 6.07) is 15.6. The van der Waals surface area contributed by atoms with E-state index in [-0.39, 0.29) is 11.9 Å². The molecule has 5 nitrogen and oxygen atoms in total. The molecule has 3 rings (SSSR count). The summed E-state index contributed by atoms with van der Waals surface area (Å²) in [5.74, 6) is -0.231. The predicted molar refractivity (Wildman–Crippen MR) is 93.2 cm³/mol. The second-order valence-corrected chi connectivity index (χ2v) is 5.91. The fourth-order valence-electron chi connectivity index (χ4n) is 2.63. The van der Waals surface area contributed by atoms with Crippen LogP contribution in [0.5, 0.6) is 0 Å². The predicted octanol–water partition coefficient (Wildman–Crippen LogP) is 3.38. The second kappa shape index (κ2) is 6.66. The van der Waals surface area contributed by atoms with Gasteiger partial charge in [-0.3, -0.25) is 4.79 Å². The molecule has 0 aliphatic heterocycles. The summed E-state index contributed by atoms with van der Waals surface area (Å²) in [5.41, 5.74) is 4.56. The van der Waals surface area contributed by atoms with E-state index in [1.165, 1.54) is 16.6 Å². The van der Waals surface area contributed by atoms with Crippen LogP contribution in [0.3, 0.4) is 0 Å². The molecule has 1 N–H and O–H groups in total. The van der Waals surface area contributed by atoms with Gasteiger partial charge in [-0.1, -0.05) is 42.0 Å². The molecule has 1 aromatic heterocycles. The fourth-order valence-corrected chi connectivity index (χ4v) is 2.63. The Hall–Kier alpha value is -2.95. The molecule has 3 aromatic rings. The number of rotatable bonds is 4. The molecule has 5 heteroatoms. The van der Waals surface area contributed by atoms with Crippen LogP contribution >= 0.6 is 0 Å². The van der Waals surface area contributed by atoms with Crippen molar-refractivity contribution in [1.29, 1.82) is 0 Å². The molecule has 0 radical (unpaired) electrons. The summed E-state index contributed by atoms with van der Waals surface area (Å²) in [7, 11) is 0. The van der Waals surface area contributed by atoms with E-state index < -0.39 is 0 Å². The third-order valence-electron chi connectivity index (χ3n) is 3.96. The highest BCUT2D eigenvalue weighted by Gasteiger charge is 2.16. The first-order valence-corrected chi connectivity index (χ1v) is 7.90. The molecule has 1 amide bonds. The van der Waals surface area contributed by atoms with Gasteiger partial charge in [-0.15, -0.1) is 5.10 Å². The Morgan fingerprint density at radius 3 is 2.62 bits per heavy atom. The third-order valence-corrected chi connectivity index (χ3v) is 3.96. The van der Waals surface area contributed by atoms with Gasteiger partial charge in [0, 0.05) is 0 Å². The average molecular weight is 320 g/mol. The molecule has 1 atom stereocenters. The number of para-hydroxylation sites is 1. The minimum Gasteiger partial charge on any atom is -0.344 e. The zero-order valence-electron chi connectivity index (χ0n) is 14.0. The minimum atomic E-state index is -0.231. The van der Waals surface area contributed by atoms with Gasteiger partial charge in [-0.2, -0.15) is 9.90 Å². The van der Waals surface area contributed by atoms with Crippen molar-refractivity contribution in [2.45, 2.75) is 26.8 Å².